The molecule has 1 amide bonds. The highest BCUT2D eigenvalue weighted by Crippen LogP contribution is 2.33. The zero-order valence-corrected chi connectivity index (χ0v) is 18.3. The Labute approximate surface area is 185 Å². The minimum Gasteiger partial charge on any atom is -0.436 e. The van der Waals surface area contributed by atoms with Crippen LogP contribution in [0.2, 0.25) is 0 Å². The largest absolute Gasteiger partial charge is 0.436 e. The first-order valence-corrected chi connectivity index (χ1v) is 10.6. The zero-order chi connectivity index (χ0) is 22.3. The van der Waals surface area contributed by atoms with Crippen LogP contribution in [0.25, 0.3) is 44.6 Å². The van der Waals surface area contributed by atoms with E-state index >= 15 is 0 Å². The third kappa shape index (κ3) is 3.87. The molecule has 0 saturated carbocycles. The van der Waals surface area contributed by atoms with Crippen molar-refractivity contribution in [1.29, 1.82) is 0 Å². The SMILES string of the molecule is CC(=O)NC(C)(C)Cc1cccc(-c2n[nH]cc2-c2nc3cc4ccccc4cc3o2)c1. The normalized spacial score (nSPS) is 11.8. The zero-order valence-electron chi connectivity index (χ0n) is 18.3. The predicted octanol–water partition coefficient (Wildman–Crippen LogP) is 5.50. The highest BCUT2D eigenvalue weighted by atomic mass is 16.3. The Bertz CT molecular complexity index is 1390. The Hall–Kier alpha value is -3.93. The predicted molar refractivity (Wildman–Crippen MR) is 126 cm³/mol. The van der Waals surface area contributed by atoms with Crippen molar-refractivity contribution in [2.24, 2.45) is 0 Å². The van der Waals surface area contributed by atoms with Gasteiger partial charge in [0.25, 0.3) is 0 Å². The van der Waals surface area contributed by atoms with E-state index in [1.165, 1.54) is 6.92 Å². The van der Waals surface area contributed by atoms with Gasteiger partial charge in [0.2, 0.25) is 11.8 Å². The number of amides is 1. The van der Waals surface area contributed by atoms with Crippen molar-refractivity contribution in [2.45, 2.75) is 32.7 Å². The van der Waals surface area contributed by atoms with Crippen molar-refractivity contribution in [2.75, 3.05) is 0 Å². The molecule has 0 radical (unpaired) electrons. The number of fused-ring (bicyclic) bond motifs is 2. The molecule has 6 heteroatoms. The molecule has 0 aliphatic rings. The van der Waals surface area contributed by atoms with Gasteiger partial charge in [0, 0.05) is 24.2 Å². The van der Waals surface area contributed by atoms with Gasteiger partial charge < -0.3 is 9.73 Å². The van der Waals surface area contributed by atoms with E-state index in [2.05, 4.69) is 39.8 Å². The maximum absolute atomic E-state index is 11.5. The van der Waals surface area contributed by atoms with Crippen LogP contribution in [-0.2, 0) is 11.2 Å². The van der Waals surface area contributed by atoms with Crippen molar-refractivity contribution >= 4 is 27.8 Å². The number of rotatable bonds is 5. The third-order valence-electron chi connectivity index (χ3n) is 5.49. The summed E-state index contributed by atoms with van der Waals surface area (Å²) in [7, 11) is 0. The van der Waals surface area contributed by atoms with Crippen LogP contribution in [0.4, 0.5) is 0 Å². The fraction of sp³-hybridized carbons (Fsp3) is 0.192. The molecule has 0 saturated heterocycles. The van der Waals surface area contributed by atoms with Crippen molar-refractivity contribution in [3.8, 4) is 22.7 Å². The van der Waals surface area contributed by atoms with Crippen LogP contribution in [0.1, 0.15) is 26.3 Å². The second-order valence-corrected chi connectivity index (χ2v) is 8.78. The highest BCUT2D eigenvalue weighted by Gasteiger charge is 2.21. The fourth-order valence-corrected chi connectivity index (χ4v) is 4.26. The number of hydrogen-bond donors (Lipinski definition) is 2. The number of H-pyrrole nitrogens is 1. The summed E-state index contributed by atoms with van der Waals surface area (Å²) in [6, 6.07) is 20.4. The van der Waals surface area contributed by atoms with E-state index in [9.17, 15) is 4.79 Å². The number of carbonyl (C=O) groups is 1. The molecule has 32 heavy (non-hydrogen) atoms. The van der Waals surface area contributed by atoms with Crippen molar-refractivity contribution in [3.63, 3.8) is 0 Å². The second-order valence-electron chi connectivity index (χ2n) is 8.78. The summed E-state index contributed by atoms with van der Waals surface area (Å²) in [6.07, 6.45) is 2.52. The number of benzene rings is 3. The summed E-state index contributed by atoms with van der Waals surface area (Å²) >= 11 is 0. The van der Waals surface area contributed by atoms with E-state index in [4.69, 9.17) is 9.40 Å². The van der Waals surface area contributed by atoms with Gasteiger partial charge in [0.05, 0.1) is 5.56 Å². The minimum absolute atomic E-state index is 0.0376. The number of nitrogens with zero attached hydrogens (tertiary/aromatic N) is 2. The molecule has 0 atom stereocenters. The summed E-state index contributed by atoms with van der Waals surface area (Å²) in [4.78, 5) is 16.2. The van der Waals surface area contributed by atoms with Crippen LogP contribution in [0, 0.1) is 0 Å². The van der Waals surface area contributed by atoms with Gasteiger partial charge in [-0.3, -0.25) is 9.89 Å². The Morgan fingerprint density at radius 1 is 1.06 bits per heavy atom. The van der Waals surface area contributed by atoms with Gasteiger partial charge in [0.15, 0.2) is 5.58 Å². The molecule has 3 aromatic carbocycles. The van der Waals surface area contributed by atoms with E-state index in [1.54, 1.807) is 0 Å². The van der Waals surface area contributed by atoms with Crippen LogP contribution < -0.4 is 5.32 Å². The molecule has 0 unspecified atom stereocenters. The average molecular weight is 425 g/mol. The summed E-state index contributed by atoms with van der Waals surface area (Å²) in [5.41, 5.74) is 4.88. The molecule has 0 aliphatic heterocycles. The Balaban J connectivity index is 1.51. The number of hydrogen-bond acceptors (Lipinski definition) is 4. The summed E-state index contributed by atoms with van der Waals surface area (Å²) in [5, 5.41) is 12.7. The molecular weight excluding hydrogens is 400 g/mol. The fourth-order valence-electron chi connectivity index (χ4n) is 4.26. The van der Waals surface area contributed by atoms with Gasteiger partial charge in [-0.25, -0.2) is 4.98 Å². The molecule has 2 N–H and O–H groups in total. The first-order chi connectivity index (χ1) is 15.4. The van der Waals surface area contributed by atoms with Gasteiger partial charge in [-0.15, -0.1) is 0 Å². The van der Waals surface area contributed by atoms with Crippen molar-refractivity contribution in [3.05, 3.63) is 72.4 Å². The Kier molecular flexibility index (Phi) is 4.78. The maximum atomic E-state index is 11.5. The van der Waals surface area contributed by atoms with Gasteiger partial charge in [-0.1, -0.05) is 42.5 Å². The van der Waals surface area contributed by atoms with E-state index in [0.29, 0.717) is 12.3 Å². The van der Waals surface area contributed by atoms with Crippen LogP contribution in [0.15, 0.2) is 71.3 Å². The molecule has 6 nitrogen and oxygen atoms in total. The van der Waals surface area contributed by atoms with Gasteiger partial charge in [-0.05, 0) is 54.8 Å². The summed E-state index contributed by atoms with van der Waals surface area (Å²) in [5.74, 6) is 0.493. The minimum atomic E-state index is -0.346. The molecule has 5 rings (SSSR count). The van der Waals surface area contributed by atoms with Crippen LogP contribution in [-0.4, -0.2) is 26.6 Å². The lowest BCUT2D eigenvalue weighted by atomic mass is 9.93. The van der Waals surface area contributed by atoms with E-state index in [-0.39, 0.29) is 11.4 Å². The molecule has 0 spiro atoms. The molecule has 0 bridgehead atoms. The molecular formula is C26H24N4O2. The Morgan fingerprint density at radius 2 is 1.84 bits per heavy atom. The topological polar surface area (TPSA) is 83.8 Å². The molecule has 5 aromatic rings. The first-order valence-electron chi connectivity index (χ1n) is 10.6. The van der Waals surface area contributed by atoms with Crippen LogP contribution in [0.3, 0.4) is 0 Å². The molecule has 160 valence electrons. The highest BCUT2D eigenvalue weighted by molar-refractivity contribution is 5.95. The lowest BCUT2D eigenvalue weighted by molar-refractivity contribution is -0.120. The van der Waals surface area contributed by atoms with Gasteiger partial charge in [0.1, 0.15) is 11.2 Å². The number of carbonyl (C=O) groups excluding carboxylic acids is 1. The number of aromatic nitrogens is 3. The quantitative estimate of drug-likeness (QED) is 0.390. The standard InChI is InChI=1S/C26H24N4O2/c1-16(31)29-26(2,3)14-17-7-6-10-20(11-17)24-21(15-27-30-24)25-28-22-12-18-8-4-5-9-19(18)13-23(22)32-25/h4-13,15H,14H2,1-3H3,(H,27,30)(H,29,31). The van der Waals surface area contributed by atoms with E-state index < -0.39 is 0 Å². The number of nitrogens with one attached hydrogen (secondary N) is 2. The molecule has 2 aromatic heterocycles. The smallest absolute Gasteiger partial charge is 0.231 e. The number of aromatic amines is 1. The first kappa shape index (κ1) is 20.0. The van der Waals surface area contributed by atoms with Crippen LogP contribution >= 0.6 is 0 Å². The molecule has 0 aliphatic carbocycles. The lowest BCUT2D eigenvalue weighted by Crippen LogP contribution is -2.43. The summed E-state index contributed by atoms with van der Waals surface area (Å²) < 4.78 is 6.12. The monoisotopic (exact) mass is 424 g/mol. The van der Waals surface area contributed by atoms with E-state index in [0.717, 1.165) is 44.3 Å². The van der Waals surface area contributed by atoms with Gasteiger partial charge >= 0.3 is 0 Å². The van der Waals surface area contributed by atoms with Crippen molar-refractivity contribution < 1.29 is 9.21 Å². The Morgan fingerprint density at radius 3 is 2.62 bits per heavy atom. The molecule has 0 fully saturated rings. The second kappa shape index (κ2) is 7.64. The van der Waals surface area contributed by atoms with E-state index in [1.807, 2.05) is 56.4 Å². The van der Waals surface area contributed by atoms with Crippen LogP contribution in [0.5, 0.6) is 0 Å². The average Bonchev–Trinajstić information content (AvgIpc) is 3.37. The van der Waals surface area contributed by atoms with Gasteiger partial charge in [-0.2, -0.15) is 5.10 Å². The summed E-state index contributed by atoms with van der Waals surface area (Å²) in [6.45, 7) is 5.57. The maximum Gasteiger partial charge on any atom is 0.231 e. The lowest BCUT2D eigenvalue weighted by Gasteiger charge is -2.25. The molecule has 2 heterocycles. The number of oxazole rings is 1. The van der Waals surface area contributed by atoms with Crippen molar-refractivity contribution in [1.82, 2.24) is 20.5 Å². The third-order valence-corrected chi connectivity index (χ3v) is 5.49.